The molecule has 25 heavy (non-hydrogen) atoms. The summed E-state index contributed by atoms with van der Waals surface area (Å²) in [5, 5.41) is 2.72. The molecule has 0 radical (unpaired) electrons. The number of hydrogen-bond acceptors (Lipinski definition) is 2. The highest BCUT2D eigenvalue weighted by molar-refractivity contribution is 6.40. The van der Waals surface area contributed by atoms with Crippen molar-refractivity contribution in [1.82, 2.24) is 5.32 Å². The predicted molar refractivity (Wildman–Crippen MR) is 79.2 cm³/mol. The van der Waals surface area contributed by atoms with E-state index in [0.717, 1.165) is 0 Å². The Balaban J connectivity index is 2.26. The van der Waals surface area contributed by atoms with Gasteiger partial charge in [-0.3, -0.25) is 10.1 Å². The van der Waals surface area contributed by atoms with Crippen molar-refractivity contribution < 1.29 is 31.5 Å². The highest BCUT2D eigenvalue weighted by Gasteiger charge is 2.27. The molecule has 0 fully saturated rings. The summed E-state index contributed by atoms with van der Waals surface area (Å²) < 4.78 is 65.9. The van der Waals surface area contributed by atoms with Crippen molar-refractivity contribution in [2.45, 2.75) is 0 Å². The molecule has 2 aromatic carbocycles. The molecule has 0 aliphatic heterocycles. The highest BCUT2D eigenvalue weighted by Crippen LogP contribution is 2.27. The number of imide groups is 1. The second-order valence-corrected chi connectivity index (χ2v) is 5.26. The highest BCUT2D eigenvalue weighted by atomic mass is 35.5. The summed E-state index contributed by atoms with van der Waals surface area (Å²) in [6, 6.07) is 2.41. The number of urea groups is 1. The predicted octanol–water partition coefficient (Wildman–Crippen LogP) is 4.65. The van der Waals surface area contributed by atoms with E-state index < -0.39 is 46.7 Å². The average Bonchev–Trinajstić information content (AvgIpc) is 2.55. The molecule has 11 heteroatoms. The zero-order valence-electron chi connectivity index (χ0n) is 11.7. The smallest absolute Gasteiger partial charge is 0.302 e. The van der Waals surface area contributed by atoms with Crippen LogP contribution < -0.4 is 10.6 Å². The van der Waals surface area contributed by atoms with Gasteiger partial charge in [0.2, 0.25) is 5.82 Å². The fraction of sp³-hybridized carbons (Fsp3) is 0. The molecule has 0 aliphatic carbocycles. The molecule has 2 aromatic rings. The molecule has 0 saturated heterocycles. The van der Waals surface area contributed by atoms with Crippen molar-refractivity contribution in [2.24, 2.45) is 0 Å². The Morgan fingerprint density at radius 3 is 1.72 bits per heavy atom. The van der Waals surface area contributed by atoms with E-state index in [1.165, 1.54) is 23.5 Å². The quantitative estimate of drug-likeness (QED) is 0.439. The minimum Gasteiger partial charge on any atom is -0.302 e. The van der Waals surface area contributed by atoms with E-state index in [0.29, 0.717) is 0 Å². The number of benzene rings is 2. The van der Waals surface area contributed by atoms with E-state index in [2.05, 4.69) is 0 Å². The summed E-state index contributed by atoms with van der Waals surface area (Å²) >= 11 is 11.5. The third-order valence-electron chi connectivity index (χ3n) is 2.87. The van der Waals surface area contributed by atoms with Gasteiger partial charge in [-0.05, 0) is 12.1 Å². The molecule has 0 aromatic heterocycles. The van der Waals surface area contributed by atoms with Gasteiger partial charge in [-0.1, -0.05) is 29.3 Å². The third kappa shape index (κ3) is 3.67. The monoisotopic (exact) mass is 398 g/mol. The Hall–Kier alpha value is -2.39. The maximum atomic E-state index is 13.5. The maximum Gasteiger partial charge on any atom is 0.326 e. The number of amides is 3. The van der Waals surface area contributed by atoms with Gasteiger partial charge in [0.1, 0.15) is 5.69 Å². The molecule has 2 rings (SSSR count). The summed E-state index contributed by atoms with van der Waals surface area (Å²) in [7, 11) is 0. The molecule has 0 atom stereocenters. The number of hydrogen-bond donors (Lipinski definition) is 2. The summed E-state index contributed by atoms with van der Waals surface area (Å²) in [5.74, 6) is -12.6. The molecule has 0 saturated carbocycles. The largest absolute Gasteiger partial charge is 0.326 e. The lowest BCUT2D eigenvalue weighted by molar-refractivity contribution is 0.0967. The molecule has 0 bridgehead atoms. The Morgan fingerprint density at radius 2 is 1.24 bits per heavy atom. The molecule has 2 N–H and O–H groups in total. The molecule has 0 heterocycles. The number of carbonyl (C=O) groups is 2. The molecule has 3 amide bonds. The lowest BCUT2D eigenvalue weighted by Crippen LogP contribution is -2.35. The van der Waals surface area contributed by atoms with Crippen LogP contribution in [0.15, 0.2) is 18.2 Å². The average molecular weight is 399 g/mol. The van der Waals surface area contributed by atoms with E-state index in [1.807, 2.05) is 0 Å². The SMILES string of the molecule is O=C(NC(=O)c1c(Cl)cccc1Cl)Nc1c(F)c(F)c(F)c(F)c1F. The van der Waals surface area contributed by atoms with Crippen LogP contribution in [0.25, 0.3) is 0 Å². The number of carbonyl (C=O) groups excluding carboxylic acids is 2. The van der Waals surface area contributed by atoms with E-state index in [-0.39, 0.29) is 15.6 Å². The van der Waals surface area contributed by atoms with Crippen LogP contribution in [0.5, 0.6) is 0 Å². The van der Waals surface area contributed by atoms with Crippen LogP contribution in [0, 0.1) is 29.1 Å². The first kappa shape index (κ1) is 18.9. The van der Waals surface area contributed by atoms with E-state index in [1.54, 1.807) is 5.32 Å². The summed E-state index contributed by atoms with van der Waals surface area (Å²) in [6.45, 7) is 0. The zero-order valence-corrected chi connectivity index (χ0v) is 13.2. The van der Waals surface area contributed by atoms with Gasteiger partial charge < -0.3 is 5.32 Å². The second kappa shape index (κ2) is 7.24. The summed E-state index contributed by atoms with van der Waals surface area (Å²) in [5.41, 5.74) is -1.94. The number of nitrogens with one attached hydrogen (secondary N) is 2. The van der Waals surface area contributed by atoms with Gasteiger partial charge in [0.25, 0.3) is 5.91 Å². The van der Waals surface area contributed by atoms with Gasteiger partial charge >= 0.3 is 6.03 Å². The van der Waals surface area contributed by atoms with Crippen LogP contribution in [0.3, 0.4) is 0 Å². The molecule has 0 spiro atoms. The number of rotatable bonds is 2. The standard InChI is InChI=1S/C14H5Cl2F5N2O2/c15-4-2-1-3-5(16)6(4)13(24)23-14(25)22-12-10(20)8(18)7(17)9(19)11(12)21/h1-3H,(H2,22,23,24,25). The van der Waals surface area contributed by atoms with Crippen LogP contribution >= 0.6 is 23.2 Å². The van der Waals surface area contributed by atoms with Crippen molar-refractivity contribution >= 4 is 40.8 Å². The van der Waals surface area contributed by atoms with E-state index >= 15 is 0 Å². The molecule has 4 nitrogen and oxygen atoms in total. The lowest BCUT2D eigenvalue weighted by atomic mass is 10.2. The molecular weight excluding hydrogens is 394 g/mol. The van der Waals surface area contributed by atoms with E-state index in [9.17, 15) is 31.5 Å². The molecule has 0 aliphatic rings. The van der Waals surface area contributed by atoms with Crippen molar-refractivity contribution in [3.05, 3.63) is 62.9 Å². The fourth-order valence-corrected chi connectivity index (χ4v) is 2.31. The maximum absolute atomic E-state index is 13.5. The van der Waals surface area contributed by atoms with Gasteiger partial charge in [0.15, 0.2) is 23.3 Å². The molecular formula is C14H5Cl2F5N2O2. The normalized spacial score (nSPS) is 10.5. The molecule has 0 unspecified atom stereocenters. The van der Waals surface area contributed by atoms with Crippen LogP contribution in [-0.4, -0.2) is 11.9 Å². The Labute approximate surface area is 146 Å². The second-order valence-electron chi connectivity index (χ2n) is 4.45. The van der Waals surface area contributed by atoms with Crippen LogP contribution in [0.2, 0.25) is 10.0 Å². The van der Waals surface area contributed by atoms with Crippen molar-refractivity contribution in [2.75, 3.05) is 5.32 Å². The Kier molecular flexibility index (Phi) is 5.48. The van der Waals surface area contributed by atoms with Gasteiger partial charge in [-0.25, -0.2) is 26.7 Å². The minimum atomic E-state index is -2.39. The first-order chi connectivity index (χ1) is 11.6. The van der Waals surface area contributed by atoms with Crippen molar-refractivity contribution in [3.63, 3.8) is 0 Å². The number of halogens is 7. The van der Waals surface area contributed by atoms with Crippen molar-refractivity contribution in [3.8, 4) is 0 Å². The minimum absolute atomic E-state index is 0.131. The fourth-order valence-electron chi connectivity index (χ4n) is 1.74. The Bertz CT molecular complexity index is 843. The van der Waals surface area contributed by atoms with Crippen LogP contribution in [-0.2, 0) is 0 Å². The van der Waals surface area contributed by atoms with Gasteiger partial charge in [0.05, 0.1) is 15.6 Å². The summed E-state index contributed by atoms with van der Waals surface area (Å²) in [6.07, 6.45) is 0. The molecule has 132 valence electrons. The third-order valence-corrected chi connectivity index (χ3v) is 3.50. The Morgan fingerprint density at radius 1 is 0.800 bits per heavy atom. The van der Waals surface area contributed by atoms with E-state index in [4.69, 9.17) is 23.2 Å². The van der Waals surface area contributed by atoms with Gasteiger partial charge in [-0.2, -0.15) is 0 Å². The van der Waals surface area contributed by atoms with Gasteiger partial charge in [-0.15, -0.1) is 0 Å². The van der Waals surface area contributed by atoms with Crippen LogP contribution in [0.1, 0.15) is 10.4 Å². The van der Waals surface area contributed by atoms with Crippen molar-refractivity contribution in [1.29, 1.82) is 0 Å². The topological polar surface area (TPSA) is 58.2 Å². The zero-order chi connectivity index (χ0) is 18.9. The number of anilines is 1. The summed E-state index contributed by atoms with van der Waals surface area (Å²) in [4.78, 5) is 23.5. The van der Waals surface area contributed by atoms with Crippen LogP contribution in [0.4, 0.5) is 32.4 Å². The lowest BCUT2D eigenvalue weighted by Gasteiger charge is -2.11. The first-order valence-electron chi connectivity index (χ1n) is 6.23. The van der Waals surface area contributed by atoms with Gasteiger partial charge in [0, 0.05) is 0 Å². The first-order valence-corrected chi connectivity index (χ1v) is 6.98.